The van der Waals surface area contributed by atoms with Gasteiger partial charge < -0.3 is 0 Å². The second-order valence-corrected chi connectivity index (χ2v) is 2.90. The maximum absolute atomic E-state index is 12.4. The van der Waals surface area contributed by atoms with Crippen LogP contribution in [0.4, 0.5) is 22.0 Å². The first-order valence-electron chi connectivity index (χ1n) is 4.07. The van der Waals surface area contributed by atoms with Crippen molar-refractivity contribution < 1.29 is 22.0 Å². The van der Waals surface area contributed by atoms with Gasteiger partial charge in [0.05, 0.1) is 23.7 Å². The van der Waals surface area contributed by atoms with E-state index >= 15 is 0 Å². The average Bonchev–Trinajstić information content (AvgIpc) is 2.16. The summed E-state index contributed by atoms with van der Waals surface area (Å²) < 4.78 is 61.6. The van der Waals surface area contributed by atoms with Gasteiger partial charge >= 0.3 is 6.18 Å². The van der Waals surface area contributed by atoms with Gasteiger partial charge in [-0.25, -0.2) is 8.78 Å². The number of pyridine rings is 1. The molecule has 0 aliphatic carbocycles. The van der Waals surface area contributed by atoms with E-state index in [-0.39, 0.29) is 0 Å². The molecule has 0 bridgehead atoms. The van der Waals surface area contributed by atoms with Crippen molar-refractivity contribution in [2.45, 2.75) is 19.0 Å². The molecule has 0 unspecified atom stereocenters. The molecule has 16 heavy (non-hydrogen) atoms. The Morgan fingerprint density at radius 3 is 2.44 bits per heavy atom. The van der Waals surface area contributed by atoms with Gasteiger partial charge in [0.1, 0.15) is 0 Å². The Bertz CT molecular complexity index is 419. The largest absolute Gasteiger partial charge is 0.418 e. The van der Waals surface area contributed by atoms with Crippen LogP contribution in [0.15, 0.2) is 12.3 Å². The van der Waals surface area contributed by atoms with Gasteiger partial charge in [0.2, 0.25) is 0 Å². The summed E-state index contributed by atoms with van der Waals surface area (Å²) in [6.07, 6.45) is -7.74. The molecule has 0 aliphatic rings. The van der Waals surface area contributed by atoms with E-state index in [4.69, 9.17) is 5.26 Å². The molecule has 1 rings (SSSR count). The Balaban J connectivity index is 3.28. The van der Waals surface area contributed by atoms with E-state index in [1.807, 2.05) is 0 Å². The van der Waals surface area contributed by atoms with Crippen LogP contribution in [0.2, 0.25) is 0 Å². The number of halogens is 5. The smallest absolute Gasteiger partial charge is 0.259 e. The highest BCUT2D eigenvalue weighted by molar-refractivity contribution is 5.30. The van der Waals surface area contributed by atoms with Crippen LogP contribution in [0.5, 0.6) is 0 Å². The van der Waals surface area contributed by atoms with Crippen LogP contribution in [0.25, 0.3) is 0 Å². The number of hydrogen-bond acceptors (Lipinski definition) is 2. The molecule has 0 fully saturated rings. The minimum Gasteiger partial charge on any atom is -0.259 e. The SMILES string of the molecule is N#CCc1ncc(C(F)F)cc1C(F)(F)F. The van der Waals surface area contributed by atoms with Gasteiger partial charge in [0, 0.05) is 11.8 Å². The van der Waals surface area contributed by atoms with Crippen LogP contribution in [-0.2, 0) is 12.6 Å². The molecule has 2 nitrogen and oxygen atoms in total. The van der Waals surface area contributed by atoms with Crippen molar-refractivity contribution in [1.29, 1.82) is 5.26 Å². The molecular formula is C9H5F5N2. The summed E-state index contributed by atoms with van der Waals surface area (Å²) >= 11 is 0. The molecule has 0 amide bonds. The maximum Gasteiger partial charge on any atom is 0.418 e. The lowest BCUT2D eigenvalue weighted by molar-refractivity contribution is -0.138. The van der Waals surface area contributed by atoms with Crippen molar-refractivity contribution in [2.24, 2.45) is 0 Å². The van der Waals surface area contributed by atoms with Crippen molar-refractivity contribution in [3.63, 3.8) is 0 Å². The number of hydrogen-bond donors (Lipinski definition) is 0. The molecule has 7 heteroatoms. The minimum atomic E-state index is -4.79. The standard InChI is InChI=1S/C9H5F5N2/c10-8(11)5-3-6(9(12,13)14)7(1-2-15)16-4-5/h3-4,8H,1H2. The predicted molar refractivity (Wildman–Crippen MR) is 43.5 cm³/mol. The van der Waals surface area contributed by atoms with Gasteiger partial charge in [-0.15, -0.1) is 0 Å². The van der Waals surface area contributed by atoms with Gasteiger partial charge in [-0.2, -0.15) is 18.4 Å². The summed E-state index contributed by atoms with van der Waals surface area (Å²) in [7, 11) is 0. The molecular weight excluding hydrogens is 231 g/mol. The highest BCUT2D eigenvalue weighted by atomic mass is 19.4. The van der Waals surface area contributed by atoms with Gasteiger partial charge in [0.15, 0.2) is 0 Å². The number of rotatable bonds is 2. The fourth-order valence-electron chi connectivity index (χ4n) is 1.09. The average molecular weight is 236 g/mol. The van der Waals surface area contributed by atoms with Gasteiger partial charge in [-0.05, 0) is 6.07 Å². The first-order chi connectivity index (χ1) is 7.36. The highest BCUT2D eigenvalue weighted by Gasteiger charge is 2.34. The molecule has 0 atom stereocenters. The Morgan fingerprint density at radius 1 is 1.38 bits per heavy atom. The first kappa shape index (κ1) is 12.4. The van der Waals surface area contributed by atoms with E-state index < -0.39 is 35.8 Å². The van der Waals surface area contributed by atoms with Gasteiger partial charge in [0.25, 0.3) is 6.43 Å². The van der Waals surface area contributed by atoms with Gasteiger partial charge in [-0.1, -0.05) is 0 Å². The monoisotopic (exact) mass is 236 g/mol. The summed E-state index contributed by atoms with van der Waals surface area (Å²) in [4.78, 5) is 3.23. The summed E-state index contributed by atoms with van der Waals surface area (Å²) in [6.45, 7) is 0. The van der Waals surface area contributed by atoms with Crippen LogP contribution < -0.4 is 0 Å². The molecule has 0 saturated carbocycles. The zero-order chi connectivity index (χ0) is 12.3. The van der Waals surface area contributed by atoms with Crippen molar-refractivity contribution in [3.8, 4) is 6.07 Å². The molecule has 0 radical (unpaired) electrons. The van der Waals surface area contributed by atoms with Crippen molar-refractivity contribution in [3.05, 3.63) is 29.1 Å². The Morgan fingerprint density at radius 2 is 2.00 bits per heavy atom. The molecule has 0 N–H and O–H groups in total. The van der Waals surface area contributed by atoms with E-state index in [1.165, 1.54) is 6.07 Å². The Hall–Kier alpha value is -1.71. The van der Waals surface area contributed by atoms with E-state index in [0.717, 1.165) is 0 Å². The van der Waals surface area contributed by atoms with E-state index in [2.05, 4.69) is 4.98 Å². The van der Waals surface area contributed by atoms with E-state index in [0.29, 0.717) is 12.3 Å². The fourth-order valence-corrected chi connectivity index (χ4v) is 1.09. The van der Waals surface area contributed by atoms with Crippen molar-refractivity contribution in [2.75, 3.05) is 0 Å². The van der Waals surface area contributed by atoms with Crippen LogP contribution >= 0.6 is 0 Å². The summed E-state index contributed by atoms with van der Waals surface area (Å²) in [5.41, 5.74) is -2.64. The second-order valence-electron chi connectivity index (χ2n) is 2.90. The maximum atomic E-state index is 12.4. The molecule has 0 aromatic carbocycles. The number of nitriles is 1. The third-order valence-corrected chi connectivity index (χ3v) is 1.80. The third kappa shape index (κ3) is 2.66. The fraction of sp³-hybridized carbons (Fsp3) is 0.333. The summed E-state index contributed by atoms with van der Waals surface area (Å²) in [5, 5.41) is 8.28. The molecule has 0 aliphatic heterocycles. The Labute approximate surface area is 87.3 Å². The zero-order valence-corrected chi connectivity index (χ0v) is 7.72. The zero-order valence-electron chi connectivity index (χ0n) is 7.72. The molecule has 1 aromatic rings. The number of alkyl halides is 5. The number of nitrogens with zero attached hydrogens (tertiary/aromatic N) is 2. The Kier molecular flexibility index (Phi) is 3.42. The van der Waals surface area contributed by atoms with E-state index in [9.17, 15) is 22.0 Å². The molecule has 0 saturated heterocycles. The summed E-state index contributed by atoms with van der Waals surface area (Å²) in [5.74, 6) is 0. The lowest BCUT2D eigenvalue weighted by Crippen LogP contribution is -2.11. The van der Waals surface area contributed by atoms with Crippen LogP contribution in [0.3, 0.4) is 0 Å². The van der Waals surface area contributed by atoms with Crippen LogP contribution in [0, 0.1) is 11.3 Å². The lowest BCUT2D eigenvalue weighted by Gasteiger charge is -2.11. The number of aromatic nitrogens is 1. The van der Waals surface area contributed by atoms with E-state index in [1.54, 1.807) is 0 Å². The summed E-state index contributed by atoms with van der Waals surface area (Å²) in [6, 6.07) is 1.82. The molecule has 0 spiro atoms. The molecule has 1 heterocycles. The van der Waals surface area contributed by atoms with Crippen molar-refractivity contribution >= 4 is 0 Å². The lowest BCUT2D eigenvalue weighted by atomic mass is 10.1. The highest BCUT2D eigenvalue weighted by Crippen LogP contribution is 2.33. The first-order valence-corrected chi connectivity index (χ1v) is 4.07. The van der Waals surface area contributed by atoms with Crippen LogP contribution in [-0.4, -0.2) is 4.98 Å². The van der Waals surface area contributed by atoms with Gasteiger partial charge in [-0.3, -0.25) is 4.98 Å². The predicted octanol–water partition coefficient (Wildman–Crippen LogP) is 3.10. The third-order valence-electron chi connectivity index (χ3n) is 1.80. The normalized spacial score (nSPS) is 11.6. The van der Waals surface area contributed by atoms with Crippen molar-refractivity contribution in [1.82, 2.24) is 4.98 Å². The quantitative estimate of drug-likeness (QED) is 0.740. The van der Waals surface area contributed by atoms with Crippen LogP contribution in [0.1, 0.15) is 23.2 Å². The molecule has 1 aromatic heterocycles. The minimum absolute atomic E-state index is 0.324. The second kappa shape index (κ2) is 4.43. The molecule has 86 valence electrons. The topological polar surface area (TPSA) is 36.7 Å².